The minimum atomic E-state index is -3.76. The number of rotatable bonds is 5. The van der Waals surface area contributed by atoms with Crippen molar-refractivity contribution in [1.29, 1.82) is 0 Å². The SMILES string of the molecule is CC(C)[C@@H](NS(=O)(=O)c1ccc(Cl)cc1)C(=O)N1CCCCC1. The molecule has 5 nitrogen and oxygen atoms in total. The molecule has 0 radical (unpaired) electrons. The first-order valence-electron chi connectivity index (χ1n) is 7.88. The van der Waals surface area contributed by atoms with Gasteiger partial charge in [0.2, 0.25) is 15.9 Å². The van der Waals surface area contributed by atoms with Crippen molar-refractivity contribution in [2.45, 2.75) is 44.0 Å². The zero-order valence-electron chi connectivity index (χ0n) is 13.5. The molecule has 1 saturated heterocycles. The summed E-state index contributed by atoms with van der Waals surface area (Å²) in [5, 5.41) is 0.466. The summed E-state index contributed by atoms with van der Waals surface area (Å²) in [5.41, 5.74) is 0. The lowest BCUT2D eigenvalue weighted by atomic mass is 10.0. The van der Waals surface area contributed by atoms with Gasteiger partial charge < -0.3 is 4.90 Å². The zero-order chi connectivity index (χ0) is 17.0. The lowest BCUT2D eigenvalue weighted by molar-refractivity contribution is -0.134. The first kappa shape index (κ1) is 18.2. The molecule has 1 N–H and O–H groups in total. The van der Waals surface area contributed by atoms with E-state index in [9.17, 15) is 13.2 Å². The molecule has 1 aliphatic heterocycles. The maximum absolute atomic E-state index is 12.7. The number of carbonyl (C=O) groups excluding carboxylic acids is 1. The van der Waals surface area contributed by atoms with Crippen LogP contribution in [0.2, 0.25) is 5.02 Å². The summed E-state index contributed by atoms with van der Waals surface area (Å²) in [6.45, 7) is 5.09. The van der Waals surface area contributed by atoms with Crippen molar-refractivity contribution < 1.29 is 13.2 Å². The molecule has 0 aliphatic carbocycles. The fraction of sp³-hybridized carbons (Fsp3) is 0.562. The van der Waals surface area contributed by atoms with Crippen LogP contribution in [0.15, 0.2) is 29.2 Å². The van der Waals surface area contributed by atoms with Gasteiger partial charge in [0.25, 0.3) is 0 Å². The van der Waals surface area contributed by atoms with E-state index in [1.165, 1.54) is 24.3 Å². The largest absolute Gasteiger partial charge is 0.341 e. The van der Waals surface area contributed by atoms with Gasteiger partial charge in [0.15, 0.2) is 0 Å². The summed E-state index contributed by atoms with van der Waals surface area (Å²) in [4.78, 5) is 14.6. The summed E-state index contributed by atoms with van der Waals surface area (Å²) in [6.07, 6.45) is 3.06. The average molecular weight is 359 g/mol. The van der Waals surface area contributed by atoms with Crippen molar-refractivity contribution in [2.24, 2.45) is 5.92 Å². The van der Waals surface area contributed by atoms with Crippen molar-refractivity contribution in [3.63, 3.8) is 0 Å². The van der Waals surface area contributed by atoms with E-state index in [-0.39, 0.29) is 16.7 Å². The van der Waals surface area contributed by atoms with Crippen LogP contribution >= 0.6 is 11.6 Å². The normalized spacial score (nSPS) is 17.3. The molecular formula is C16H23ClN2O3S. The van der Waals surface area contributed by atoms with Gasteiger partial charge in [-0.1, -0.05) is 25.4 Å². The Morgan fingerprint density at radius 2 is 1.70 bits per heavy atom. The van der Waals surface area contributed by atoms with E-state index in [0.717, 1.165) is 19.3 Å². The van der Waals surface area contributed by atoms with Crippen molar-refractivity contribution in [3.05, 3.63) is 29.3 Å². The number of carbonyl (C=O) groups is 1. The molecule has 0 saturated carbocycles. The Morgan fingerprint density at radius 3 is 2.22 bits per heavy atom. The number of nitrogens with zero attached hydrogens (tertiary/aromatic N) is 1. The third-order valence-corrected chi connectivity index (χ3v) is 5.72. The summed E-state index contributed by atoms with van der Waals surface area (Å²) in [7, 11) is -3.76. The minimum Gasteiger partial charge on any atom is -0.341 e. The number of sulfonamides is 1. The molecule has 0 aromatic heterocycles. The van der Waals surface area contributed by atoms with Crippen molar-refractivity contribution >= 4 is 27.5 Å². The lowest BCUT2D eigenvalue weighted by Gasteiger charge is -2.32. The molecule has 1 aromatic rings. The van der Waals surface area contributed by atoms with E-state index < -0.39 is 16.1 Å². The van der Waals surface area contributed by atoms with Gasteiger partial charge in [0.1, 0.15) is 6.04 Å². The Hall–Kier alpha value is -1.11. The van der Waals surface area contributed by atoms with Crippen LogP contribution in [0.25, 0.3) is 0 Å². The molecule has 23 heavy (non-hydrogen) atoms. The molecule has 1 amide bonds. The Bertz CT molecular complexity index is 638. The Labute approximate surface area is 143 Å². The van der Waals surface area contributed by atoms with Crippen LogP contribution in [0.4, 0.5) is 0 Å². The highest BCUT2D eigenvalue weighted by atomic mass is 35.5. The highest BCUT2D eigenvalue weighted by Gasteiger charge is 2.32. The van der Waals surface area contributed by atoms with Crippen LogP contribution in [0, 0.1) is 5.92 Å². The first-order chi connectivity index (χ1) is 10.8. The van der Waals surface area contributed by atoms with Crippen LogP contribution in [-0.4, -0.2) is 38.4 Å². The van der Waals surface area contributed by atoms with Gasteiger partial charge in [0.05, 0.1) is 4.90 Å². The number of benzene rings is 1. The molecule has 128 valence electrons. The van der Waals surface area contributed by atoms with E-state index >= 15 is 0 Å². The molecule has 0 unspecified atom stereocenters. The molecule has 0 bridgehead atoms. The summed E-state index contributed by atoms with van der Waals surface area (Å²) < 4.78 is 27.6. The number of amides is 1. The molecule has 1 atom stereocenters. The highest BCUT2D eigenvalue weighted by Crippen LogP contribution is 2.18. The van der Waals surface area contributed by atoms with Crippen LogP contribution in [0.5, 0.6) is 0 Å². The van der Waals surface area contributed by atoms with Crippen LogP contribution < -0.4 is 4.72 Å². The standard InChI is InChI=1S/C16H23ClN2O3S/c1-12(2)15(16(20)19-10-4-3-5-11-19)18-23(21,22)14-8-6-13(17)7-9-14/h6-9,12,15,18H,3-5,10-11H2,1-2H3/t15-/m1/s1. The number of piperidine rings is 1. The van der Waals surface area contributed by atoms with Crippen molar-refractivity contribution in [3.8, 4) is 0 Å². The summed E-state index contributed by atoms with van der Waals surface area (Å²) in [5.74, 6) is -0.274. The smallest absolute Gasteiger partial charge is 0.241 e. The maximum atomic E-state index is 12.7. The Kier molecular flexibility index (Phi) is 6.06. The fourth-order valence-corrected chi connectivity index (χ4v) is 4.10. The first-order valence-corrected chi connectivity index (χ1v) is 9.74. The second-order valence-corrected chi connectivity index (χ2v) is 8.33. The fourth-order valence-electron chi connectivity index (χ4n) is 2.63. The highest BCUT2D eigenvalue weighted by molar-refractivity contribution is 7.89. The van der Waals surface area contributed by atoms with Gasteiger partial charge in [-0.15, -0.1) is 0 Å². The van der Waals surface area contributed by atoms with E-state index in [1.54, 1.807) is 4.90 Å². The van der Waals surface area contributed by atoms with Gasteiger partial charge >= 0.3 is 0 Å². The van der Waals surface area contributed by atoms with E-state index in [0.29, 0.717) is 18.1 Å². The third kappa shape index (κ3) is 4.68. The summed E-state index contributed by atoms with van der Waals surface area (Å²) >= 11 is 5.79. The summed E-state index contributed by atoms with van der Waals surface area (Å²) in [6, 6.07) is 5.16. The molecular weight excluding hydrogens is 336 g/mol. The molecule has 2 rings (SSSR count). The van der Waals surface area contributed by atoms with Gasteiger partial charge in [-0.05, 0) is 49.4 Å². The topological polar surface area (TPSA) is 66.5 Å². The van der Waals surface area contributed by atoms with E-state index in [1.807, 2.05) is 13.8 Å². The second kappa shape index (κ2) is 7.64. The Morgan fingerprint density at radius 1 is 1.13 bits per heavy atom. The minimum absolute atomic E-state index is 0.110. The maximum Gasteiger partial charge on any atom is 0.241 e. The van der Waals surface area contributed by atoms with Gasteiger partial charge in [-0.25, -0.2) is 8.42 Å². The van der Waals surface area contributed by atoms with Crippen LogP contribution in [0.1, 0.15) is 33.1 Å². The molecule has 1 heterocycles. The number of nitrogens with one attached hydrogen (secondary N) is 1. The number of hydrogen-bond acceptors (Lipinski definition) is 3. The van der Waals surface area contributed by atoms with Gasteiger partial charge in [-0.2, -0.15) is 4.72 Å². The van der Waals surface area contributed by atoms with Crippen molar-refractivity contribution in [2.75, 3.05) is 13.1 Å². The third-order valence-electron chi connectivity index (χ3n) is 4.01. The van der Waals surface area contributed by atoms with E-state index in [4.69, 9.17) is 11.6 Å². The van der Waals surface area contributed by atoms with Gasteiger partial charge in [0, 0.05) is 18.1 Å². The number of halogens is 1. The van der Waals surface area contributed by atoms with Gasteiger partial charge in [-0.3, -0.25) is 4.79 Å². The molecule has 7 heteroatoms. The number of hydrogen-bond donors (Lipinski definition) is 1. The monoisotopic (exact) mass is 358 g/mol. The molecule has 1 aromatic carbocycles. The second-order valence-electron chi connectivity index (χ2n) is 6.18. The van der Waals surface area contributed by atoms with E-state index in [2.05, 4.69) is 4.72 Å². The molecule has 1 fully saturated rings. The quantitative estimate of drug-likeness (QED) is 0.879. The van der Waals surface area contributed by atoms with Crippen LogP contribution in [-0.2, 0) is 14.8 Å². The average Bonchev–Trinajstić information content (AvgIpc) is 2.53. The molecule has 1 aliphatic rings. The number of likely N-dealkylation sites (tertiary alicyclic amines) is 1. The van der Waals surface area contributed by atoms with Crippen molar-refractivity contribution in [1.82, 2.24) is 9.62 Å². The Balaban J connectivity index is 2.17. The predicted octanol–water partition coefficient (Wildman–Crippen LogP) is 2.66. The lowest BCUT2D eigenvalue weighted by Crippen LogP contribution is -2.52. The zero-order valence-corrected chi connectivity index (χ0v) is 15.0. The predicted molar refractivity (Wildman–Crippen MR) is 90.8 cm³/mol. The van der Waals surface area contributed by atoms with Crippen LogP contribution in [0.3, 0.4) is 0 Å². The molecule has 0 spiro atoms.